The third kappa shape index (κ3) is 4.61. The number of aromatic nitrogens is 3. The zero-order valence-corrected chi connectivity index (χ0v) is 18.9. The predicted molar refractivity (Wildman–Crippen MR) is 124 cm³/mol. The molecule has 1 saturated carbocycles. The topological polar surface area (TPSA) is 34.0 Å². The van der Waals surface area contributed by atoms with Crippen molar-refractivity contribution in [1.82, 2.24) is 14.5 Å². The zero-order valence-electron chi connectivity index (χ0n) is 18.1. The molecule has 0 spiro atoms. The van der Waals surface area contributed by atoms with Crippen LogP contribution in [0.5, 0.6) is 0 Å². The SMILES string of the molecule is CN(Sc1cccnc1)c1ccc2c(c1)nc(C(C)(C)C)n2CC1CCCCC1. The molecule has 0 unspecified atom stereocenters. The number of rotatable bonds is 5. The van der Waals surface area contributed by atoms with E-state index in [4.69, 9.17) is 4.98 Å². The summed E-state index contributed by atoms with van der Waals surface area (Å²) < 4.78 is 4.69. The highest BCUT2D eigenvalue weighted by molar-refractivity contribution is 8.00. The fourth-order valence-electron chi connectivity index (χ4n) is 4.31. The minimum absolute atomic E-state index is 0.0320. The first kappa shape index (κ1) is 20.3. The van der Waals surface area contributed by atoms with Gasteiger partial charge in [-0.1, -0.05) is 40.0 Å². The average molecular weight is 409 g/mol. The smallest absolute Gasteiger partial charge is 0.115 e. The van der Waals surface area contributed by atoms with Crippen LogP contribution in [0.1, 0.15) is 58.7 Å². The van der Waals surface area contributed by atoms with E-state index in [1.807, 2.05) is 18.5 Å². The number of fused-ring (bicyclic) bond motifs is 1. The fourth-order valence-corrected chi connectivity index (χ4v) is 5.09. The lowest BCUT2D eigenvalue weighted by atomic mass is 9.88. The lowest BCUT2D eigenvalue weighted by Gasteiger charge is -2.26. The second-order valence-electron chi connectivity index (χ2n) is 9.25. The number of hydrogen-bond acceptors (Lipinski definition) is 4. The van der Waals surface area contributed by atoms with Crippen molar-refractivity contribution >= 4 is 28.7 Å². The first-order chi connectivity index (χ1) is 13.9. The number of anilines is 1. The number of imidazole rings is 1. The summed E-state index contributed by atoms with van der Waals surface area (Å²) in [5.41, 5.74) is 3.56. The molecule has 0 radical (unpaired) electrons. The maximum Gasteiger partial charge on any atom is 0.115 e. The van der Waals surface area contributed by atoms with Gasteiger partial charge in [-0.05, 0) is 61.0 Å². The third-order valence-corrected chi connectivity index (χ3v) is 6.75. The van der Waals surface area contributed by atoms with Crippen molar-refractivity contribution in [3.63, 3.8) is 0 Å². The Morgan fingerprint density at radius 3 is 2.62 bits per heavy atom. The van der Waals surface area contributed by atoms with Crippen molar-refractivity contribution in [3.8, 4) is 0 Å². The molecule has 4 rings (SSSR count). The van der Waals surface area contributed by atoms with Gasteiger partial charge in [0.1, 0.15) is 5.82 Å². The highest BCUT2D eigenvalue weighted by Crippen LogP contribution is 2.34. The molecule has 5 heteroatoms. The minimum atomic E-state index is 0.0320. The Hall–Kier alpha value is -2.01. The Labute approximate surface area is 178 Å². The van der Waals surface area contributed by atoms with Crippen LogP contribution >= 0.6 is 11.9 Å². The van der Waals surface area contributed by atoms with Crippen LogP contribution in [0.4, 0.5) is 5.69 Å². The Balaban J connectivity index is 1.65. The molecule has 1 aromatic carbocycles. The van der Waals surface area contributed by atoms with Gasteiger partial charge < -0.3 is 8.87 Å². The number of nitrogens with zero attached hydrogens (tertiary/aromatic N) is 4. The fraction of sp³-hybridized carbons (Fsp3) is 0.500. The summed E-state index contributed by atoms with van der Waals surface area (Å²) >= 11 is 1.69. The second-order valence-corrected chi connectivity index (χ2v) is 10.5. The monoisotopic (exact) mass is 408 g/mol. The standard InChI is InChI=1S/C24H32N4S/c1-24(2,3)23-26-21-15-19(27(4)29-20-11-8-14-25-16-20)12-13-22(21)28(23)17-18-9-6-5-7-10-18/h8,11-16,18H,5-7,9-10,17H2,1-4H3. The van der Waals surface area contributed by atoms with Crippen LogP contribution in [0.2, 0.25) is 0 Å². The first-order valence-corrected chi connectivity index (χ1v) is 11.5. The van der Waals surface area contributed by atoms with Gasteiger partial charge in [0.15, 0.2) is 0 Å². The van der Waals surface area contributed by atoms with E-state index in [0.717, 1.165) is 28.6 Å². The van der Waals surface area contributed by atoms with Crippen LogP contribution in [-0.4, -0.2) is 21.6 Å². The predicted octanol–water partition coefficient (Wildman–Crippen LogP) is 6.45. The Morgan fingerprint density at radius 2 is 1.93 bits per heavy atom. The molecule has 1 aliphatic carbocycles. The summed E-state index contributed by atoms with van der Waals surface area (Å²) in [5.74, 6) is 1.99. The van der Waals surface area contributed by atoms with Crippen LogP contribution in [0, 0.1) is 5.92 Å². The van der Waals surface area contributed by atoms with Crippen molar-refractivity contribution in [2.24, 2.45) is 5.92 Å². The lowest BCUT2D eigenvalue weighted by Crippen LogP contribution is -2.22. The summed E-state index contributed by atoms with van der Waals surface area (Å²) in [4.78, 5) is 10.5. The van der Waals surface area contributed by atoms with Crippen LogP contribution in [-0.2, 0) is 12.0 Å². The van der Waals surface area contributed by atoms with Gasteiger partial charge in [0.05, 0.1) is 11.0 Å². The summed E-state index contributed by atoms with van der Waals surface area (Å²) in [6.45, 7) is 7.92. The van der Waals surface area contributed by atoms with Gasteiger partial charge in [-0.15, -0.1) is 0 Å². The summed E-state index contributed by atoms with van der Waals surface area (Å²) in [5, 5.41) is 0. The van der Waals surface area contributed by atoms with Gasteiger partial charge in [0.25, 0.3) is 0 Å². The van der Waals surface area contributed by atoms with E-state index < -0.39 is 0 Å². The molecule has 154 valence electrons. The Kier molecular flexibility index (Phi) is 5.86. The van der Waals surface area contributed by atoms with Crippen molar-refractivity contribution in [2.75, 3.05) is 11.4 Å². The molecule has 2 aromatic heterocycles. The molecule has 0 N–H and O–H groups in total. The molecule has 2 heterocycles. The van der Waals surface area contributed by atoms with Gasteiger partial charge >= 0.3 is 0 Å². The number of pyridine rings is 1. The van der Waals surface area contributed by atoms with Crippen LogP contribution in [0.25, 0.3) is 11.0 Å². The van der Waals surface area contributed by atoms with E-state index in [9.17, 15) is 0 Å². The molecule has 1 aliphatic rings. The van der Waals surface area contributed by atoms with E-state index in [1.54, 1.807) is 11.9 Å². The molecule has 0 amide bonds. The van der Waals surface area contributed by atoms with Gasteiger partial charge in [-0.25, -0.2) is 4.98 Å². The summed E-state index contributed by atoms with van der Waals surface area (Å²) in [6, 6.07) is 10.8. The normalized spacial score (nSPS) is 15.7. The van der Waals surface area contributed by atoms with E-state index in [-0.39, 0.29) is 5.41 Å². The summed E-state index contributed by atoms with van der Waals surface area (Å²) in [6.07, 6.45) is 10.6. The van der Waals surface area contributed by atoms with Crippen molar-refractivity contribution in [2.45, 2.75) is 69.7 Å². The molecule has 3 aromatic rings. The van der Waals surface area contributed by atoms with Crippen molar-refractivity contribution < 1.29 is 0 Å². The molecule has 29 heavy (non-hydrogen) atoms. The number of benzene rings is 1. The maximum absolute atomic E-state index is 5.11. The van der Waals surface area contributed by atoms with Gasteiger partial charge in [0, 0.05) is 42.0 Å². The molecule has 0 atom stereocenters. The molecular formula is C24H32N4S. The van der Waals surface area contributed by atoms with Gasteiger partial charge in [-0.2, -0.15) is 0 Å². The zero-order chi connectivity index (χ0) is 20.4. The van der Waals surface area contributed by atoms with E-state index >= 15 is 0 Å². The minimum Gasteiger partial charge on any atom is -0.327 e. The molecule has 0 bridgehead atoms. The molecule has 1 fully saturated rings. The highest BCUT2D eigenvalue weighted by atomic mass is 32.2. The number of hydrogen-bond donors (Lipinski definition) is 0. The maximum atomic E-state index is 5.11. The van der Waals surface area contributed by atoms with Crippen molar-refractivity contribution in [3.05, 3.63) is 48.5 Å². The quantitative estimate of drug-likeness (QED) is 0.454. The average Bonchev–Trinajstić information content (AvgIpc) is 3.08. The first-order valence-electron chi connectivity index (χ1n) is 10.7. The Morgan fingerprint density at radius 1 is 1.14 bits per heavy atom. The molecule has 0 saturated heterocycles. The van der Waals surface area contributed by atoms with E-state index in [2.05, 4.69) is 65.9 Å². The van der Waals surface area contributed by atoms with E-state index in [1.165, 1.54) is 43.4 Å². The third-order valence-electron chi connectivity index (χ3n) is 5.81. The summed E-state index contributed by atoms with van der Waals surface area (Å²) in [7, 11) is 2.10. The molecular weight excluding hydrogens is 376 g/mol. The van der Waals surface area contributed by atoms with Crippen LogP contribution < -0.4 is 4.31 Å². The van der Waals surface area contributed by atoms with Crippen LogP contribution in [0.3, 0.4) is 0 Å². The van der Waals surface area contributed by atoms with E-state index in [0.29, 0.717) is 0 Å². The highest BCUT2D eigenvalue weighted by Gasteiger charge is 2.25. The van der Waals surface area contributed by atoms with Gasteiger partial charge in [-0.3, -0.25) is 4.98 Å². The van der Waals surface area contributed by atoms with Crippen LogP contribution in [0.15, 0.2) is 47.6 Å². The molecule has 0 aliphatic heterocycles. The largest absolute Gasteiger partial charge is 0.327 e. The second kappa shape index (κ2) is 8.39. The van der Waals surface area contributed by atoms with Crippen molar-refractivity contribution in [1.29, 1.82) is 0 Å². The molecule has 4 nitrogen and oxygen atoms in total. The van der Waals surface area contributed by atoms with Gasteiger partial charge in [0.2, 0.25) is 0 Å². The lowest BCUT2D eigenvalue weighted by molar-refractivity contribution is 0.313. The Bertz CT molecular complexity index is 952.